The fraction of sp³-hybridized carbons (Fsp3) is 0. The standard InChI is InChI=1S/C14H7BrFIN2O2/c15-6-1-2-10(17)8(3-6)13-18-11-5-7(16)4-9(14(20)21)12(11)19-13/h1-5H,(H,18,19)(H,20,21). The predicted octanol–water partition coefficient (Wildman–Crippen LogP) is 4.43. The number of rotatable bonds is 2. The number of fused-ring (bicyclic) bond motifs is 1. The minimum absolute atomic E-state index is 0.155. The Hall–Kier alpha value is -1.48. The summed E-state index contributed by atoms with van der Waals surface area (Å²) in [6.07, 6.45) is 0. The minimum Gasteiger partial charge on any atom is -0.478 e. The van der Waals surface area contributed by atoms with Crippen LogP contribution in [0, 0.1) is 9.39 Å². The molecule has 4 nitrogen and oxygen atoms in total. The van der Waals surface area contributed by atoms with Crippen LogP contribution >= 0.6 is 38.5 Å². The van der Waals surface area contributed by atoms with Gasteiger partial charge in [-0.05, 0) is 52.9 Å². The molecule has 0 saturated heterocycles. The molecule has 0 radical (unpaired) electrons. The maximum Gasteiger partial charge on any atom is 0.338 e. The highest BCUT2D eigenvalue weighted by atomic mass is 127. The molecule has 7 heteroatoms. The molecule has 1 aromatic heterocycles. The second-order valence-corrected chi connectivity index (χ2v) is 6.44. The van der Waals surface area contributed by atoms with Crippen molar-refractivity contribution in [1.82, 2.24) is 9.97 Å². The van der Waals surface area contributed by atoms with Gasteiger partial charge < -0.3 is 10.1 Å². The van der Waals surface area contributed by atoms with E-state index in [9.17, 15) is 9.18 Å². The first-order valence-corrected chi connectivity index (χ1v) is 7.71. The maximum atomic E-state index is 13.5. The predicted molar refractivity (Wildman–Crippen MR) is 88.9 cm³/mol. The highest BCUT2D eigenvalue weighted by molar-refractivity contribution is 14.1. The Labute approximate surface area is 140 Å². The van der Waals surface area contributed by atoms with Crippen molar-refractivity contribution in [1.29, 1.82) is 0 Å². The van der Waals surface area contributed by atoms with Crippen LogP contribution in [0.25, 0.3) is 22.4 Å². The monoisotopic (exact) mass is 460 g/mol. The summed E-state index contributed by atoms with van der Waals surface area (Å²) in [6, 6.07) is 7.89. The minimum atomic E-state index is -1.21. The SMILES string of the molecule is O=C(O)c1cc(F)cc2[nH]c(-c3cc(Br)ccc3I)nc12. The molecule has 106 valence electrons. The van der Waals surface area contributed by atoms with Crippen molar-refractivity contribution in [3.05, 3.63) is 49.8 Å². The van der Waals surface area contributed by atoms with Crippen LogP contribution in [-0.2, 0) is 0 Å². The summed E-state index contributed by atoms with van der Waals surface area (Å²) in [5, 5.41) is 9.16. The largest absolute Gasteiger partial charge is 0.478 e. The van der Waals surface area contributed by atoms with Crippen LogP contribution in [0.15, 0.2) is 34.8 Å². The quantitative estimate of drug-likeness (QED) is 0.556. The van der Waals surface area contributed by atoms with Crippen molar-refractivity contribution < 1.29 is 14.3 Å². The molecule has 3 aromatic rings. The number of hydrogen-bond acceptors (Lipinski definition) is 2. The summed E-state index contributed by atoms with van der Waals surface area (Å²) in [5.41, 5.74) is 1.27. The normalized spacial score (nSPS) is 11.0. The third-order valence-corrected chi connectivity index (χ3v) is 4.40. The second kappa shape index (κ2) is 5.38. The molecule has 0 spiro atoms. The molecular formula is C14H7BrFIN2O2. The van der Waals surface area contributed by atoms with Gasteiger partial charge in [0.05, 0.1) is 11.1 Å². The Morgan fingerprint density at radius 1 is 1.33 bits per heavy atom. The zero-order chi connectivity index (χ0) is 15.1. The summed E-state index contributed by atoms with van der Waals surface area (Å²) in [5.74, 6) is -1.32. The topological polar surface area (TPSA) is 66.0 Å². The van der Waals surface area contributed by atoms with Gasteiger partial charge >= 0.3 is 5.97 Å². The van der Waals surface area contributed by atoms with Gasteiger partial charge in [0, 0.05) is 13.6 Å². The Morgan fingerprint density at radius 2 is 2.10 bits per heavy atom. The number of H-pyrrole nitrogens is 1. The van der Waals surface area contributed by atoms with Crippen LogP contribution in [0.3, 0.4) is 0 Å². The Balaban J connectivity index is 2.28. The fourth-order valence-corrected chi connectivity index (χ4v) is 3.00. The van der Waals surface area contributed by atoms with Gasteiger partial charge in [-0.2, -0.15) is 0 Å². The van der Waals surface area contributed by atoms with E-state index < -0.39 is 11.8 Å². The molecule has 21 heavy (non-hydrogen) atoms. The number of carbonyl (C=O) groups is 1. The van der Waals surface area contributed by atoms with E-state index in [4.69, 9.17) is 5.11 Å². The molecule has 0 aliphatic carbocycles. The number of nitrogens with one attached hydrogen (secondary N) is 1. The van der Waals surface area contributed by atoms with E-state index in [0.717, 1.165) is 19.7 Å². The number of aromatic carboxylic acids is 1. The molecular weight excluding hydrogens is 454 g/mol. The molecule has 0 aliphatic heterocycles. The molecule has 0 unspecified atom stereocenters. The number of carboxylic acids is 1. The van der Waals surface area contributed by atoms with Crippen LogP contribution in [0.4, 0.5) is 4.39 Å². The number of nitrogens with zero attached hydrogens (tertiary/aromatic N) is 1. The molecule has 1 heterocycles. The van der Waals surface area contributed by atoms with Gasteiger partial charge in [0.25, 0.3) is 0 Å². The third-order valence-electron chi connectivity index (χ3n) is 2.97. The van der Waals surface area contributed by atoms with E-state index in [1.807, 2.05) is 18.2 Å². The number of carboxylic acid groups (broad SMARTS) is 1. The second-order valence-electron chi connectivity index (χ2n) is 4.36. The van der Waals surface area contributed by atoms with Crippen molar-refractivity contribution in [2.45, 2.75) is 0 Å². The van der Waals surface area contributed by atoms with Crippen LogP contribution < -0.4 is 0 Å². The molecule has 0 atom stereocenters. The van der Waals surface area contributed by atoms with Gasteiger partial charge in [0.2, 0.25) is 0 Å². The van der Waals surface area contributed by atoms with Crippen molar-refractivity contribution in [2.75, 3.05) is 0 Å². The number of imidazole rings is 1. The molecule has 0 fully saturated rings. The van der Waals surface area contributed by atoms with Crippen LogP contribution in [0.2, 0.25) is 0 Å². The molecule has 3 rings (SSSR count). The number of halogens is 3. The molecule has 2 aromatic carbocycles. The van der Waals surface area contributed by atoms with Crippen molar-refractivity contribution >= 4 is 55.5 Å². The van der Waals surface area contributed by atoms with Crippen LogP contribution in [-0.4, -0.2) is 21.0 Å². The summed E-state index contributed by atoms with van der Waals surface area (Å²) >= 11 is 5.55. The lowest BCUT2D eigenvalue weighted by atomic mass is 10.2. The van der Waals surface area contributed by atoms with Crippen molar-refractivity contribution in [3.63, 3.8) is 0 Å². The fourth-order valence-electron chi connectivity index (χ4n) is 2.05. The van der Waals surface area contributed by atoms with E-state index in [1.54, 1.807) is 0 Å². The van der Waals surface area contributed by atoms with Crippen molar-refractivity contribution in [2.24, 2.45) is 0 Å². The van der Waals surface area contributed by atoms with E-state index in [1.165, 1.54) is 6.07 Å². The van der Waals surface area contributed by atoms with Gasteiger partial charge in [-0.15, -0.1) is 0 Å². The zero-order valence-corrected chi connectivity index (χ0v) is 14.1. The summed E-state index contributed by atoms with van der Waals surface area (Å²) in [4.78, 5) is 18.5. The smallest absolute Gasteiger partial charge is 0.338 e. The molecule has 0 bridgehead atoms. The van der Waals surface area contributed by atoms with Gasteiger partial charge in [0.1, 0.15) is 17.2 Å². The first-order valence-electron chi connectivity index (χ1n) is 5.83. The average Bonchev–Trinajstić information content (AvgIpc) is 2.83. The Bertz CT molecular complexity index is 879. The summed E-state index contributed by atoms with van der Waals surface area (Å²) < 4.78 is 15.3. The van der Waals surface area contributed by atoms with E-state index >= 15 is 0 Å². The van der Waals surface area contributed by atoms with Crippen molar-refractivity contribution in [3.8, 4) is 11.4 Å². The van der Waals surface area contributed by atoms with E-state index in [2.05, 4.69) is 48.5 Å². The highest BCUT2D eigenvalue weighted by Crippen LogP contribution is 2.29. The summed E-state index contributed by atoms with van der Waals surface area (Å²) in [7, 11) is 0. The summed E-state index contributed by atoms with van der Waals surface area (Å²) in [6.45, 7) is 0. The maximum absolute atomic E-state index is 13.5. The number of aromatic amines is 1. The molecule has 0 saturated carbocycles. The van der Waals surface area contributed by atoms with Gasteiger partial charge in [-0.1, -0.05) is 15.9 Å². The lowest BCUT2D eigenvalue weighted by molar-refractivity contribution is 0.0698. The van der Waals surface area contributed by atoms with Gasteiger partial charge in [0.15, 0.2) is 0 Å². The average molecular weight is 461 g/mol. The molecule has 0 aliphatic rings. The Morgan fingerprint density at radius 3 is 2.81 bits per heavy atom. The number of benzene rings is 2. The van der Waals surface area contributed by atoms with Crippen LogP contribution in [0.1, 0.15) is 10.4 Å². The first kappa shape index (κ1) is 14.5. The highest BCUT2D eigenvalue weighted by Gasteiger charge is 2.16. The number of aromatic nitrogens is 2. The van der Waals surface area contributed by atoms with E-state index in [0.29, 0.717) is 11.3 Å². The lowest BCUT2D eigenvalue weighted by Gasteiger charge is -2.01. The third kappa shape index (κ3) is 2.67. The van der Waals surface area contributed by atoms with Gasteiger partial charge in [-0.3, -0.25) is 0 Å². The zero-order valence-electron chi connectivity index (χ0n) is 10.3. The number of hydrogen-bond donors (Lipinski definition) is 2. The van der Waals surface area contributed by atoms with E-state index in [-0.39, 0.29) is 11.1 Å². The lowest BCUT2D eigenvalue weighted by Crippen LogP contribution is -1.98. The molecule has 2 N–H and O–H groups in total. The molecule has 0 amide bonds. The van der Waals surface area contributed by atoms with Crippen LogP contribution in [0.5, 0.6) is 0 Å². The Kier molecular flexibility index (Phi) is 3.70. The van der Waals surface area contributed by atoms with Gasteiger partial charge in [-0.25, -0.2) is 14.2 Å². The first-order chi connectivity index (χ1) is 9.95.